The molecule has 1 aliphatic carbocycles. The van der Waals surface area contributed by atoms with E-state index in [4.69, 9.17) is 15.2 Å². The lowest BCUT2D eigenvalue weighted by atomic mass is 9.89. The maximum atomic E-state index is 6.03. The standard InChI is InChI=1S/C16H18N2O2/c1-19-16-13(17)9-10-15(18-16)20-14-8-4-6-11-5-2-3-7-12(11)14/h2-3,5,7,9-10,14H,4,6,8,17H2,1H3. The lowest BCUT2D eigenvalue weighted by molar-refractivity contribution is 0.174. The van der Waals surface area contributed by atoms with Crippen LogP contribution in [0, 0.1) is 0 Å². The molecule has 0 amide bonds. The predicted octanol–water partition coefficient (Wildman–Crippen LogP) is 3.13. The van der Waals surface area contributed by atoms with Gasteiger partial charge in [0.05, 0.1) is 12.8 Å². The molecule has 3 rings (SSSR count). The number of hydrogen-bond donors (Lipinski definition) is 1. The minimum atomic E-state index is 0.0563. The van der Waals surface area contributed by atoms with E-state index in [-0.39, 0.29) is 6.10 Å². The summed E-state index contributed by atoms with van der Waals surface area (Å²) in [5.74, 6) is 0.962. The van der Waals surface area contributed by atoms with Gasteiger partial charge in [-0.1, -0.05) is 24.3 Å². The van der Waals surface area contributed by atoms with Crippen molar-refractivity contribution in [2.75, 3.05) is 12.8 Å². The monoisotopic (exact) mass is 270 g/mol. The van der Waals surface area contributed by atoms with Crippen LogP contribution in [0.4, 0.5) is 5.69 Å². The van der Waals surface area contributed by atoms with Crippen molar-refractivity contribution in [3.63, 3.8) is 0 Å². The summed E-state index contributed by atoms with van der Waals surface area (Å²) in [4.78, 5) is 4.29. The second-order valence-corrected chi connectivity index (χ2v) is 4.95. The van der Waals surface area contributed by atoms with Crippen LogP contribution in [-0.2, 0) is 6.42 Å². The molecule has 1 aliphatic rings. The van der Waals surface area contributed by atoms with Crippen molar-refractivity contribution in [1.29, 1.82) is 0 Å². The number of anilines is 1. The van der Waals surface area contributed by atoms with Gasteiger partial charge in [-0.3, -0.25) is 0 Å². The Hall–Kier alpha value is -2.23. The lowest BCUT2D eigenvalue weighted by Gasteiger charge is -2.25. The Morgan fingerprint density at radius 3 is 2.90 bits per heavy atom. The van der Waals surface area contributed by atoms with E-state index >= 15 is 0 Å². The van der Waals surface area contributed by atoms with Gasteiger partial charge in [-0.05, 0) is 36.5 Å². The van der Waals surface area contributed by atoms with Gasteiger partial charge in [0.2, 0.25) is 11.8 Å². The molecule has 0 spiro atoms. The molecule has 0 radical (unpaired) electrons. The van der Waals surface area contributed by atoms with Crippen LogP contribution < -0.4 is 15.2 Å². The number of aryl methyl sites for hydroxylation is 1. The highest BCUT2D eigenvalue weighted by Gasteiger charge is 2.21. The van der Waals surface area contributed by atoms with Gasteiger partial charge in [-0.25, -0.2) is 0 Å². The van der Waals surface area contributed by atoms with Crippen LogP contribution in [0.15, 0.2) is 36.4 Å². The number of nitrogen functional groups attached to an aromatic ring is 1. The molecule has 0 fully saturated rings. The molecule has 1 atom stereocenters. The lowest BCUT2D eigenvalue weighted by Crippen LogP contribution is -2.15. The van der Waals surface area contributed by atoms with Gasteiger partial charge in [0, 0.05) is 6.07 Å². The minimum absolute atomic E-state index is 0.0563. The van der Waals surface area contributed by atoms with E-state index in [1.54, 1.807) is 19.2 Å². The van der Waals surface area contributed by atoms with E-state index in [1.165, 1.54) is 11.1 Å². The Morgan fingerprint density at radius 1 is 1.20 bits per heavy atom. The molecule has 4 heteroatoms. The summed E-state index contributed by atoms with van der Waals surface area (Å²) in [6.45, 7) is 0. The van der Waals surface area contributed by atoms with Crippen LogP contribution >= 0.6 is 0 Å². The molecule has 1 unspecified atom stereocenters. The van der Waals surface area contributed by atoms with Crippen molar-refractivity contribution in [3.8, 4) is 11.8 Å². The number of pyridine rings is 1. The molecule has 1 aromatic carbocycles. The third-order valence-corrected chi connectivity index (χ3v) is 3.63. The van der Waals surface area contributed by atoms with Crippen molar-refractivity contribution in [2.24, 2.45) is 0 Å². The average Bonchev–Trinajstić information content (AvgIpc) is 2.49. The number of ether oxygens (including phenoxy) is 2. The van der Waals surface area contributed by atoms with Crippen LogP contribution in [-0.4, -0.2) is 12.1 Å². The average molecular weight is 270 g/mol. The van der Waals surface area contributed by atoms with Gasteiger partial charge in [0.15, 0.2) is 0 Å². The summed E-state index contributed by atoms with van der Waals surface area (Å²) in [5, 5.41) is 0. The molecular weight excluding hydrogens is 252 g/mol. The van der Waals surface area contributed by atoms with Crippen molar-refractivity contribution in [1.82, 2.24) is 4.98 Å². The first kappa shape index (κ1) is 12.8. The molecular formula is C16H18N2O2. The van der Waals surface area contributed by atoms with E-state index in [0.717, 1.165) is 19.3 Å². The fourth-order valence-electron chi connectivity index (χ4n) is 2.64. The molecule has 0 saturated heterocycles. The van der Waals surface area contributed by atoms with Crippen LogP contribution in [0.5, 0.6) is 11.8 Å². The van der Waals surface area contributed by atoms with Crippen molar-refractivity contribution >= 4 is 5.69 Å². The summed E-state index contributed by atoms with van der Waals surface area (Å²) in [5.41, 5.74) is 8.91. The van der Waals surface area contributed by atoms with Gasteiger partial charge >= 0.3 is 0 Å². The molecule has 20 heavy (non-hydrogen) atoms. The zero-order chi connectivity index (χ0) is 13.9. The first-order valence-corrected chi connectivity index (χ1v) is 6.83. The zero-order valence-corrected chi connectivity index (χ0v) is 11.5. The van der Waals surface area contributed by atoms with E-state index in [1.807, 2.05) is 0 Å². The fraction of sp³-hybridized carbons (Fsp3) is 0.312. The Labute approximate surface area is 118 Å². The van der Waals surface area contributed by atoms with E-state index in [2.05, 4.69) is 29.2 Å². The summed E-state index contributed by atoms with van der Waals surface area (Å²) < 4.78 is 11.2. The van der Waals surface area contributed by atoms with Crippen LogP contribution in [0.1, 0.15) is 30.1 Å². The van der Waals surface area contributed by atoms with Crippen molar-refractivity contribution in [3.05, 3.63) is 47.5 Å². The molecule has 2 aromatic rings. The number of nitrogens with zero attached hydrogens (tertiary/aromatic N) is 1. The Balaban J connectivity index is 1.85. The molecule has 104 valence electrons. The Kier molecular flexibility index (Phi) is 3.46. The summed E-state index contributed by atoms with van der Waals surface area (Å²) in [6, 6.07) is 12.0. The zero-order valence-electron chi connectivity index (χ0n) is 11.5. The van der Waals surface area contributed by atoms with Crippen LogP contribution in [0.25, 0.3) is 0 Å². The molecule has 4 nitrogen and oxygen atoms in total. The predicted molar refractivity (Wildman–Crippen MR) is 78.0 cm³/mol. The minimum Gasteiger partial charge on any atom is -0.479 e. The quantitative estimate of drug-likeness (QED) is 0.931. The molecule has 0 bridgehead atoms. The first-order chi connectivity index (χ1) is 9.78. The van der Waals surface area contributed by atoms with E-state index in [0.29, 0.717) is 17.4 Å². The number of benzene rings is 1. The highest BCUT2D eigenvalue weighted by Crippen LogP contribution is 2.34. The number of fused-ring (bicyclic) bond motifs is 1. The van der Waals surface area contributed by atoms with E-state index in [9.17, 15) is 0 Å². The van der Waals surface area contributed by atoms with Gasteiger partial charge < -0.3 is 15.2 Å². The van der Waals surface area contributed by atoms with Gasteiger partial charge in [0.25, 0.3) is 0 Å². The largest absolute Gasteiger partial charge is 0.479 e. The second-order valence-electron chi connectivity index (χ2n) is 4.95. The molecule has 1 aromatic heterocycles. The van der Waals surface area contributed by atoms with Gasteiger partial charge in [-0.2, -0.15) is 4.98 Å². The molecule has 0 saturated carbocycles. The molecule has 1 heterocycles. The maximum absolute atomic E-state index is 6.03. The fourth-order valence-corrected chi connectivity index (χ4v) is 2.64. The summed E-state index contributed by atoms with van der Waals surface area (Å²) in [7, 11) is 1.55. The van der Waals surface area contributed by atoms with Gasteiger partial charge in [0.1, 0.15) is 6.10 Å². The Bertz CT molecular complexity index is 613. The van der Waals surface area contributed by atoms with Crippen molar-refractivity contribution < 1.29 is 9.47 Å². The second kappa shape index (κ2) is 5.41. The van der Waals surface area contributed by atoms with Gasteiger partial charge in [-0.15, -0.1) is 0 Å². The van der Waals surface area contributed by atoms with E-state index < -0.39 is 0 Å². The number of aromatic nitrogens is 1. The summed E-state index contributed by atoms with van der Waals surface area (Å²) in [6.07, 6.45) is 3.31. The van der Waals surface area contributed by atoms with Crippen LogP contribution in [0.3, 0.4) is 0 Å². The Morgan fingerprint density at radius 2 is 2.05 bits per heavy atom. The topological polar surface area (TPSA) is 57.4 Å². The number of methoxy groups -OCH3 is 1. The summed E-state index contributed by atoms with van der Waals surface area (Å²) >= 11 is 0. The molecule has 2 N–H and O–H groups in total. The maximum Gasteiger partial charge on any atom is 0.240 e. The third kappa shape index (κ3) is 2.41. The highest BCUT2D eigenvalue weighted by atomic mass is 16.5. The first-order valence-electron chi connectivity index (χ1n) is 6.83. The van der Waals surface area contributed by atoms with Crippen molar-refractivity contribution in [2.45, 2.75) is 25.4 Å². The molecule has 0 aliphatic heterocycles. The number of hydrogen-bond acceptors (Lipinski definition) is 4. The number of nitrogens with two attached hydrogens (primary N) is 1. The SMILES string of the molecule is COc1nc(OC2CCCc3ccccc32)ccc1N. The normalized spacial score (nSPS) is 17.4. The smallest absolute Gasteiger partial charge is 0.240 e. The number of rotatable bonds is 3. The highest BCUT2D eigenvalue weighted by molar-refractivity contribution is 5.49. The van der Waals surface area contributed by atoms with Crippen LogP contribution in [0.2, 0.25) is 0 Å². The third-order valence-electron chi connectivity index (χ3n) is 3.63.